The van der Waals surface area contributed by atoms with Crippen LogP contribution in [0.2, 0.25) is 0 Å². The summed E-state index contributed by atoms with van der Waals surface area (Å²) in [6, 6.07) is 2.47. The van der Waals surface area contributed by atoms with E-state index >= 15 is 0 Å². The molecule has 57 heavy (non-hydrogen) atoms. The summed E-state index contributed by atoms with van der Waals surface area (Å²) >= 11 is 0. The van der Waals surface area contributed by atoms with E-state index in [1.54, 1.807) is 18.2 Å². The average molecular weight is 750 g/mol. The van der Waals surface area contributed by atoms with Gasteiger partial charge in [0.25, 0.3) is 0 Å². The summed E-state index contributed by atoms with van der Waals surface area (Å²) in [5.41, 5.74) is -2.58. The van der Waals surface area contributed by atoms with Gasteiger partial charge in [0, 0.05) is 38.0 Å². The first-order valence-electron chi connectivity index (χ1n) is 29.1. The van der Waals surface area contributed by atoms with Crippen LogP contribution in [-0.4, -0.2) is 9.13 Å². The van der Waals surface area contributed by atoms with Crippen LogP contribution < -0.4 is 0 Å². The van der Waals surface area contributed by atoms with Crippen molar-refractivity contribution in [1.29, 1.82) is 0 Å². The minimum atomic E-state index is -0.828. The smallest absolute Gasteiger partial charge is 0.159 e. The maximum Gasteiger partial charge on any atom is 0.159 e. The van der Waals surface area contributed by atoms with E-state index in [0.717, 1.165) is 22.3 Å². The van der Waals surface area contributed by atoms with Crippen molar-refractivity contribution in [3.8, 4) is 44.8 Å². The van der Waals surface area contributed by atoms with Crippen LogP contribution in [0, 0.1) is 0 Å². The van der Waals surface area contributed by atoms with Crippen molar-refractivity contribution >= 4 is 65.6 Å². The zero-order valence-corrected chi connectivity index (χ0v) is 29.2. The highest BCUT2D eigenvalue weighted by molar-refractivity contribution is 6.14. The van der Waals surface area contributed by atoms with Crippen LogP contribution in [0.5, 0.6) is 0 Å². The van der Waals surface area contributed by atoms with Crippen LogP contribution in [0.3, 0.4) is 0 Å². The van der Waals surface area contributed by atoms with Gasteiger partial charge >= 0.3 is 0 Å². The molecule has 0 radical (unpaired) electrons. The third kappa shape index (κ3) is 4.92. The summed E-state index contributed by atoms with van der Waals surface area (Å²) in [4.78, 5) is 0. The molecule has 0 aliphatic heterocycles. The van der Waals surface area contributed by atoms with Crippen molar-refractivity contribution in [1.82, 2.24) is 9.13 Å². The molecule has 0 spiro atoms. The molecule has 12 aromatic rings. The van der Waals surface area contributed by atoms with E-state index in [9.17, 15) is 15.1 Å². The second-order valence-electron chi connectivity index (χ2n) is 13.1. The molecule has 0 aliphatic carbocycles. The Labute approximate surface area is 361 Å². The third-order valence-corrected chi connectivity index (χ3v) is 9.94. The van der Waals surface area contributed by atoms with Crippen LogP contribution in [0.25, 0.3) is 110 Å². The predicted molar refractivity (Wildman–Crippen MR) is 239 cm³/mol. The summed E-state index contributed by atoms with van der Waals surface area (Å²) in [6.07, 6.45) is 0. The predicted octanol–water partition coefficient (Wildman–Crippen LogP) is 14.8. The highest BCUT2D eigenvalue weighted by atomic mass is 16.3. The molecule has 12 rings (SSSR count). The van der Waals surface area contributed by atoms with Gasteiger partial charge in [-0.3, -0.25) is 0 Å². The minimum absolute atomic E-state index is 0.136. The second kappa shape index (κ2) is 12.5. The molecule has 0 saturated carbocycles. The molecule has 0 amide bonds. The van der Waals surface area contributed by atoms with Crippen molar-refractivity contribution < 1.29 is 35.9 Å². The number of furan rings is 1. The number of aromatic nitrogens is 2. The molecule has 3 heteroatoms. The molecular weight excluding hydrogens is 693 g/mol. The van der Waals surface area contributed by atoms with Crippen molar-refractivity contribution in [2.45, 2.75) is 0 Å². The van der Waals surface area contributed by atoms with E-state index in [4.69, 9.17) is 20.9 Å². The summed E-state index contributed by atoms with van der Waals surface area (Å²) in [6.45, 7) is 0. The number of hydrogen-bond acceptors (Lipinski definition) is 1. The first-order chi connectivity index (χ1) is 37.8. The van der Waals surface area contributed by atoms with E-state index in [2.05, 4.69) is 0 Å². The lowest BCUT2D eigenvalue weighted by Gasteiger charge is -2.11. The molecule has 0 N–H and O–H groups in total. The normalized spacial score (nSPS) is 17.5. The van der Waals surface area contributed by atoms with Crippen molar-refractivity contribution in [3.63, 3.8) is 0 Å². The van der Waals surface area contributed by atoms with E-state index in [-0.39, 0.29) is 60.1 Å². The lowest BCUT2D eigenvalue weighted by atomic mass is 10.0. The van der Waals surface area contributed by atoms with Crippen molar-refractivity contribution in [3.05, 3.63) is 206 Å². The summed E-state index contributed by atoms with van der Waals surface area (Å²) in [5, 5.41) is -1.78. The fraction of sp³-hybridized carbons (Fsp3) is 0. The maximum absolute atomic E-state index is 10.0. The van der Waals surface area contributed by atoms with Gasteiger partial charge < -0.3 is 13.6 Å². The van der Waals surface area contributed by atoms with Gasteiger partial charge in [-0.25, -0.2) is 0 Å². The van der Waals surface area contributed by atoms with E-state index in [1.807, 2.05) is 36.4 Å². The van der Waals surface area contributed by atoms with Crippen molar-refractivity contribution in [2.24, 2.45) is 0 Å². The lowest BCUT2D eigenvalue weighted by Crippen LogP contribution is -1.94. The Hall–Kier alpha value is -7.62. The Morgan fingerprint density at radius 2 is 1.02 bits per heavy atom. The number of benzene rings is 9. The Balaban J connectivity index is 1.20. The molecule has 3 nitrogen and oxygen atoms in total. The molecule has 0 unspecified atom stereocenters. The molecule has 0 fully saturated rings. The number of hydrogen-bond donors (Lipinski definition) is 0. The van der Waals surface area contributed by atoms with Crippen molar-refractivity contribution in [2.75, 3.05) is 0 Å². The number of nitrogens with zero attached hydrogens (tertiary/aromatic N) is 2. The van der Waals surface area contributed by atoms with Gasteiger partial charge in [0.2, 0.25) is 0 Å². The van der Waals surface area contributed by atoms with Gasteiger partial charge in [0.15, 0.2) is 5.58 Å². The van der Waals surface area contributed by atoms with Gasteiger partial charge in [0.1, 0.15) is 5.58 Å². The molecule has 0 bridgehead atoms. The number of para-hydroxylation sites is 3. The topological polar surface area (TPSA) is 23.0 Å². The average Bonchev–Trinajstić information content (AvgIpc) is 2.22. The van der Waals surface area contributed by atoms with Crippen LogP contribution >= 0.6 is 0 Å². The Bertz CT molecular complexity index is 4840. The van der Waals surface area contributed by atoms with E-state index in [1.165, 1.54) is 4.57 Å². The standard InChI is InChI=1S/C54H34N2O/c1-3-13-35(14-4-1)37-17-11-18-41(31-37)55-48-22-9-7-19-42(48)46-32-38(26-29-50(46)55)39-27-30-51-47(33-39)43-20-8-10-23-49(43)56(51)52-24-12-21-45-44-28-25-40(34-53(44)57-54(45)52)36-15-5-2-6-16-36/h1-34H/i2D,5D,6D,7D,8D,9D,10D,12D,15D,16D,19D,20D,21D,22D,25D,26D,27D,28D,29D,30D,32D,33D,34D. The third-order valence-electron chi connectivity index (χ3n) is 9.94. The Kier molecular flexibility index (Phi) is 3.63. The lowest BCUT2D eigenvalue weighted by molar-refractivity contribution is 0.666. The van der Waals surface area contributed by atoms with Crippen LogP contribution in [0.4, 0.5) is 0 Å². The summed E-state index contributed by atoms with van der Waals surface area (Å²) in [5.74, 6) is 0. The van der Waals surface area contributed by atoms with Crippen LogP contribution in [0.1, 0.15) is 31.5 Å². The van der Waals surface area contributed by atoms with Gasteiger partial charge in [0.05, 0.1) is 59.3 Å². The Morgan fingerprint density at radius 3 is 1.84 bits per heavy atom. The van der Waals surface area contributed by atoms with Crippen LogP contribution in [-0.2, 0) is 0 Å². The van der Waals surface area contributed by atoms with Crippen LogP contribution in [0.15, 0.2) is 210 Å². The van der Waals surface area contributed by atoms with Gasteiger partial charge in [-0.15, -0.1) is 0 Å². The van der Waals surface area contributed by atoms with Gasteiger partial charge in [-0.2, -0.15) is 0 Å². The zero-order chi connectivity index (χ0) is 57.5. The molecule has 9 aromatic carbocycles. The highest BCUT2D eigenvalue weighted by Crippen LogP contribution is 2.41. The fourth-order valence-electron chi connectivity index (χ4n) is 7.42. The fourth-order valence-corrected chi connectivity index (χ4v) is 7.42. The highest BCUT2D eigenvalue weighted by Gasteiger charge is 2.19. The molecule has 0 saturated heterocycles. The number of fused-ring (bicyclic) bond motifs is 9. The quantitative estimate of drug-likeness (QED) is 0.172. The minimum Gasteiger partial charge on any atom is -0.454 e. The van der Waals surface area contributed by atoms with Gasteiger partial charge in [-0.05, 0) is 99.9 Å². The summed E-state index contributed by atoms with van der Waals surface area (Å²) in [7, 11) is 0. The number of rotatable bonds is 5. The maximum atomic E-state index is 10.0. The summed E-state index contributed by atoms with van der Waals surface area (Å²) < 4.78 is 218. The Morgan fingerprint density at radius 1 is 0.368 bits per heavy atom. The molecule has 3 aromatic heterocycles. The molecule has 0 aliphatic rings. The van der Waals surface area contributed by atoms with Gasteiger partial charge in [-0.1, -0.05) is 139 Å². The zero-order valence-electron chi connectivity index (χ0n) is 52.2. The van der Waals surface area contributed by atoms with E-state index in [0.29, 0.717) is 11.3 Å². The first-order valence-corrected chi connectivity index (χ1v) is 17.6. The molecular formula is C54H34N2O. The second-order valence-corrected chi connectivity index (χ2v) is 13.1. The molecule has 0 atom stereocenters. The van der Waals surface area contributed by atoms with E-state index < -0.39 is 172 Å². The molecule has 3 heterocycles. The SMILES string of the molecule is [2H]c1cc2c(c([2H])c1[2H])c1c([2H])c(-c3c([2H])c([2H])c4c(c3[2H])c3c([2H])c([2H])c([2H])c([2H])c3n4-c3cccc(-c4ccccc4)c3)c([2H])c([2H])c1n2-c1cc([2H])c([2H])c2c1oc1c([2H])c(-c3c([2H])c([2H])c([2H])c([2H])c3[2H])c([2H])c([2H])c12. The monoisotopic (exact) mass is 749 g/mol. The molecule has 266 valence electrons. The largest absolute Gasteiger partial charge is 0.454 e. The first kappa shape index (κ1) is 16.6.